The first-order valence-electron chi connectivity index (χ1n) is 5.68. The van der Waals surface area contributed by atoms with Crippen LogP contribution in [-0.4, -0.2) is 14.6 Å². The Morgan fingerprint density at radius 2 is 2.25 bits per heavy atom. The number of halogens is 1. The molecule has 1 aliphatic rings. The summed E-state index contributed by atoms with van der Waals surface area (Å²) in [6.07, 6.45) is 0.782. The molecule has 1 heterocycles. The van der Waals surface area contributed by atoms with E-state index < -0.39 is 16.2 Å². The summed E-state index contributed by atoms with van der Waals surface area (Å²) in [5.74, 6) is 0.247. The molecule has 1 unspecified atom stereocenters. The Labute approximate surface area is 122 Å². The smallest absolute Gasteiger partial charge is 0.244 e. The van der Waals surface area contributed by atoms with E-state index in [9.17, 15) is 8.42 Å². The van der Waals surface area contributed by atoms with Crippen LogP contribution >= 0.6 is 11.6 Å². The summed E-state index contributed by atoms with van der Waals surface area (Å²) < 4.78 is 31.9. The molecule has 0 saturated heterocycles. The Hall–Kier alpha value is -1.72. The Bertz CT molecular complexity index is 721. The van der Waals surface area contributed by atoms with Crippen molar-refractivity contribution in [1.29, 1.82) is 0 Å². The topological polar surface area (TPSA) is 67.4 Å². The maximum Gasteiger partial charge on any atom is 0.244 e. The molecule has 1 aromatic rings. The van der Waals surface area contributed by atoms with Gasteiger partial charge >= 0.3 is 0 Å². The number of sulfonamides is 1. The van der Waals surface area contributed by atoms with Crippen molar-refractivity contribution >= 4 is 33.1 Å². The van der Waals surface area contributed by atoms with Gasteiger partial charge in [0.25, 0.3) is 0 Å². The number of nitrogens with one attached hydrogen (secondary N) is 2. The standard InChI is InChI=1S/C13H13ClN2O3S/c1-4-5-19-8(2)11-6-10(14)7-12-13(11)15-9(3)16-20(12,17)18/h5-7,9,15-16H,1-2H2,3H3. The second kappa shape index (κ2) is 5.34. The predicted molar refractivity (Wildman–Crippen MR) is 78.7 cm³/mol. The minimum absolute atomic E-state index is 0.0606. The average Bonchev–Trinajstić information content (AvgIpc) is 2.35. The van der Waals surface area contributed by atoms with Gasteiger partial charge < -0.3 is 10.1 Å². The lowest BCUT2D eigenvalue weighted by molar-refractivity contribution is 0.439. The molecule has 7 heteroatoms. The van der Waals surface area contributed by atoms with Crippen LogP contribution in [0, 0.1) is 0 Å². The Morgan fingerprint density at radius 3 is 2.90 bits per heavy atom. The summed E-state index contributed by atoms with van der Waals surface area (Å²) in [7, 11) is -3.62. The molecule has 2 rings (SSSR count). The van der Waals surface area contributed by atoms with E-state index in [0.29, 0.717) is 11.3 Å². The molecular formula is C13H13ClN2O3S. The summed E-state index contributed by atoms with van der Waals surface area (Å²) in [6, 6.07) is 2.96. The van der Waals surface area contributed by atoms with E-state index in [1.807, 2.05) is 0 Å². The Balaban J connectivity index is 2.63. The van der Waals surface area contributed by atoms with Gasteiger partial charge in [-0.1, -0.05) is 30.5 Å². The first-order chi connectivity index (χ1) is 9.35. The third-order valence-corrected chi connectivity index (χ3v) is 4.42. The van der Waals surface area contributed by atoms with Crippen LogP contribution in [0.2, 0.25) is 5.02 Å². The molecule has 20 heavy (non-hydrogen) atoms. The van der Waals surface area contributed by atoms with Crippen molar-refractivity contribution in [2.24, 2.45) is 0 Å². The molecule has 5 nitrogen and oxygen atoms in total. The van der Waals surface area contributed by atoms with E-state index >= 15 is 0 Å². The van der Waals surface area contributed by atoms with Crippen molar-refractivity contribution in [3.8, 4) is 0 Å². The maximum absolute atomic E-state index is 12.1. The lowest BCUT2D eigenvalue weighted by Gasteiger charge is -2.27. The summed E-state index contributed by atoms with van der Waals surface area (Å²) in [6.45, 7) is 8.81. The van der Waals surface area contributed by atoms with Crippen molar-refractivity contribution in [2.75, 3.05) is 5.32 Å². The molecule has 0 fully saturated rings. The highest BCUT2D eigenvalue weighted by Crippen LogP contribution is 2.36. The number of anilines is 1. The van der Waals surface area contributed by atoms with Gasteiger partial charge in [-0.2, -0.15) is 4.72 Å². The molecule has 0 bridgehead atoms. The van der Waals surface area contributed by atoms with Crippen molar-refractivity contribution < 1.29 is 13.2 Å². The van der Waals surface area contributed by atoms with E-state index in [1.54, 1.807) is 13.0 Å². The fourth-order valence-electron chi connectivity index (χ4n) is 1.88. The minimum Gasteiger partial charge on any atom is -0.457 e. The zero-order valence-corrected chi connectivity index (χ0v) is 12.3. The highest BCUT2D eigenvalue weighted by atomic mass is 35.5. The molecule has 2 N–H and O–H groups in total. The molecule has 0 radical (unpaired) electrons. The highest BCUT2D eigenvalue weighted by Gasteiger charge is 2.30. The van der Waals surface area contributed by atoms with Gasteiger partial charge in [0.05, 0.1) is 11.9 Å². The van der Waals surface area contributed by atoms with Crippen molar-refractivity contribution in [3.05, 3.63) is 47.9 Å². The van der Waals surface area contributed by atoms with Crippen LogP contribution in [0.4, 0.5) is 5.69 Å². The van der Waals surface area contributed by atoms with E-state index in [1.165, 1.54) is 12.3 Å². The molecule has 1 aromatic carbocycles. The number of ether oxygens (including phenoxy) is 1. The van der Waals surface area contributed by atoms with Crippen LogP contribution in [0.1, 0.15) is 12.5 Å². The summed E-state index contributed by atoms with van der Waals surface area (Å²) in [5, 5.41) is 3.30. The molecule has 0 saturated carbocycles. The fraction of sp³-hybridized carbons (Fsp3) is 0.154. The van der Waals surface area contributed by atoms with Gasteiger partial charge in [-0.05, 0) is 19.1 Å². The molecular weight excluding hydrogens is 300 g/mol. The molecule has 0 amide bonds. The van der Waals surface area contributed by atoms with Gasteiger partial charge in [0.2, 0.25) is 10.0 Å². The van der Waals surface area contributed by atoms with Gasteiger partial charge in [-0.3, -0.25) is 0 Å². The quantitative estimate of drug-likeness (QED) is 0.665. The zero-order chi connectivity index (χ0) is 14.9. The first-order valence-corrected chi connectivity index (χ1v) is 7.54. The normalized spacial score (nSPS) is 19.2. The predicted octanol–water partition coefficient (Wildman–Crippen LogP) is 2.68. The Kier molecular flexibility index (Phi) is 3.92. The van der Waals surface area contributed by atoms with E-state index in [-0.39, 0.29) is 15.7 Å². The molecule has 0 spiro atoms. The lowest BCUT2D eigenvalue weighted by Crippen LogP contribution is -2.42. The van der Waals surface area contributed by atoms with E-state index in [0.717, 1.165) is 0 Å². The van der Waals surface area contributed by atoms with Gasteiger partial charge in [-0.15, -0.1) is 0 Å². The van der Waals surface area contributed by atoms with Crippen LogP contribution in [0.5, 0.6) is 0 Å². The van der Waals surface area contributed by atoms with Crippen molar-refractivity contribution in [3.63, 3.8) is 0 Å². The summed E-state index contributed by atoms with van der Waals surface area (Å²) in [4.78, 5) is 0.0606. The Morgan fingerprint density at radius 1 is 1.55 bits per heavy atom. The SMILES string of the molecule is C=C=COC(=C)c1cc(Cl)cc2c1NC(C)NS2(=O)=O. The van der Waals surface area contributed by atoms with E-state index in [4.69, 9.17) is 16.3 Å². The third-order valence-electron chi connectivity index (χ3n) is 2.63. The number of hydrogen-bond acceptors (Lipinski definition) is 4. The van der Waals surface area contributed by atoms with Gasteiger partial charge in [0.15, 0.2) is 0 Å². The van der Waals surface area contributed by atoms with E-state index in [2.05, 4.69) is 28.9 Å². The number of benzene rings is 1. The maximum atomic E-state index is 12.1. The monoisotopic (exact) mass is 312 g/mol. The first kappa shape index (κ1) is 14.7. The van der Waals surface area contributed by atoms with Gasteiger partial charge in [-0.25, -0.2) is 8.42 Å². The minimum atomic E-state index is -3.62. The highest BCUT2D eigenvalue weighted by molar-refractivity contribution is 7.89. The summed E-state index contributed by atoms with van der Waals surface area (Å²) >= 11 is 5.97. The lowest BCUT2D eigenvalue weighted by atomic mass is 10.1. The zero-order valence-electron chi connectivity index (χ0n) is 10.7. The largest absolute Gasteiger partial charge is 0.457 e. The summed E-state index contributed by atoms with van der Waals surface area (Å²) in [5.41, 5.74) is 3.32. The molecule has 106 valence electrons. The molecule has 0 aromatic heterocycles. The van der Waals surface area contributed by atoms with Crippen LogP contribution in [0.3, 0.4) is 0 Å². The second-order valence-electron chi connectivity index (χ2n) is 4.18. The van der Waals surface area contributed by atoms with Crippen molar-refractivity contribution in [1.82, 2.24) is 4.72 Å². The van der Waals surface area contributed by atoms with Crippen molar-refractivity contribution in [2.45, 2.75) is 18.0 Å². The van der Waals surface area contributed by atoms with Gasteiger partial charge in [0.1, 0.15) is 16.9 Å². The average molecular weight is 313 g/mol. The molecule has 1 atom stereocenters. The van der Waals surface area contributed by atoms with Crippen LogP contribution in [0.15, 0.2) is 42.2 Å². The van der Waals surface area contributed by atoms with Crippen LogP contribution in [0.25, 0.3) is 5.76 Å². The second-order valence-corrected chi connectivity index (χ2v) is 6.30. The molecule has 0 aliphatic carbocycles. The number of fused-ring (bicyclic) bond motifs is 1. The fourth-order valence-corrected chi connectivity index (χ4v) is 3.54. The van der Waals surface area contributed by atoms with Gasteiger partial charge in [0, 0.05) is 10.6 Å². The van der Waals surface area contributed by atoms with Crippen LogP contribution < -0.4 is 10.0 Å². The number of rotatable bonds is 3. The third kappa shape index (κ3) is 2.73. The van der Waals surface area contributed by atoms with Crippen LogP contribution in [-0.2, 0) is 14.8 Å². The number of hydrogen-bond donors (Lipinski definition) is 2. The molecule has 1 aliphatic heterocycles.